The monoisotopic (exact) mass is 535 g/mol. The number of ether oxygens (including phenoxy) is 1. The number of piperazine rings is 1. The predicted octanol–water partition coefficient (Wildman–Crippen LogP) is 5.84. The number of anilines is 1. The molecule has 1 aliphatic heterocycles. The van der Waals surface area contributed by atoms with Gasteiger partial charge in [-0.2, -0.15) is 5.10 Å². The molecule has 1 fully saturated rings. The minimum absolute atomic E-state index is 0.0967. The molecule has 9 heteroatoms. The first-order valence-corrected chi connectivity index (χ1v) is 13.6. The Bertz CT molecular complexity index is 1670. The van der Waals surface area contributed by atoms with Crippen molar-refractivity contribution < 1.29 is 9.53 Å². The minimum Gasteiger partial charge on any atom is -0.444 e. The topological polar surface area (TPSA) is 88.8 Å². The molecule has 0 saturated carbocycles. The number of carbonyl (C=O) groups is 1. The molecule has 0 N–H and O–H groups in total. The van der Waals surface area contributed by atoms with E-state index >= 15 is 0 Å². The Morgan fingerprint density at radius 3 is 2.35 bits per heavy atom. The molecule has 1 saturated heterocycles. The maximum atomic E-state index is 12.6. The van der Waals surface area contributed by atoms with E-state index in [1.807, 2.05) is 86.6 Å². The number of para-hydroxylation sites is 1. The number of hydrogen-bond acceptors (Lipinski definition) is 7. The van der Waals surface area contributed by atoms with E-state index in [2.05, 4.69) is 41.0 Å². The molecule has 40 heavy (non-hydrogen) atoms. The Morgan fingerprint density at radius 2 is 1.62 bits per heavy atom. The highest BCUT2D eigenvalue weighted by Crippen LogP contribution is 2.31. The summed E-state index contributed by atoms with van der Waals surface area (Å²) in [5.41, 5.74) is 5.12. The maximum Gasteiger partial charge on any atom is 0.410 e. The molecule has 5 aromatic rings. The average molecular weight is 536 g/mol. The number of fused-ring (bicyclic) bond motifs is 2. The average Bonchev–Trinajstić information content (AvgIpc) is 3.35. The molecule has 0 spiro atoms. The van der Waals surface area contributed by atoms with Crippen LogP contribution in [-0.2, 0) is 4.74 Å². The molecule has 1 aromatic carbocycles. The number of rotatable bonds is 3. The molecular weight excluding hydrogens is 502 g/mol. The number of benzene rings is 1. The first-order chi connectivity index (χ1) is 19.2. The van der Waals surface area contributed by atoms with Crippen LogP contribution >= 0.6 is 0 Å². The minimum atomic E-state index is -0.513. The third-order valence-electron chi connectivity index (χ3n) is 7.21. The predicted molar refractivity (Wildman–Crippen MR) is 156 cm³/mol. The summed E-state index contributed by atoms with van der Waals surface area (Å²) in [4.78, 5) is 30.8. The van der Waals surface area contributed by atoms with Gasteiger partial charge in [0.25, 0.3) is 0 Å². The van der Waals surface area contributed by atoms with E-state index in [0.717, 1.165) is 44.6 Å². The van der Waals surface area contributed by atoms with E-state index in [-0.39, 0.29) is 18.2 Å². The van der Waals surface area contributed by atoms with Gasteiger partial charge in [-0.3, -0.25) is 4.98 Å². The summed E-state index contributed by atoms with van der Waals surface area (Å²) >= 11 is 0. The third-order valence-corrected chi connectivity index (χ3v) is 7.21. The van der Waals surface area contributed by atoms with Crippen LogP contribution in [0.3, 0.4) is 0 Å². The van der Waals surface area contributed by atoms with Crippen molar-refractivity contribution in [1.82, 2.24) is 29.5 Å². The van der Waals surface area contributed by atoms with Gasteiger partial charge in [-0.05, 0) is 64.4 Å². The Hall–Kier alpha value is -4.53. The summed E-state index contributed by atoms with van der Waals surface area (Å²) in [6.07, 6.45) is 9.13. The molecule has 204 valence electrons. The van der Waals surface area contributed by atoms with E-state index in [4.69, 9.17) is 14.7 Å². The van der Waals surface area contributed by atoms with Gasteiger partial charge in [-0.15, -0.1) is 0 Å². The van der Waals surface area contributed by atoms with E-state index < -0.39 is 5.60 Å². The lowest BCUT2D eigenvalue weighted by molar-refractivity contribution is 0.0192. The van der Waals surface area contributed by atoms with Gasteiger partial charge in [0.15, 0.2) is 5.65 Å². The number of amides is 1. The second-order valence-electron chi connectivity index (χ2n) is 11.4. The molecule has 2 atom stereocenters. The molecule has 4 aromatic heterocycles. The summed E-state index contributed by atoms with van der Waals surface area (Å²) in [6.45, 7) is 11.1. The summed E-state index contributed by atoms with van der Waals surface area (Å²) in [5.74, 6) is 0.882. The van der Waals surface area contributed by atoms with Gasteiger partial charge in [0.05, 0.1) is 11.7 Å². The first kappa shape index (κ1) is 25.7. The fraction of sp³-hybridized carbons (Fsp3) is 0.323. The summed E-state index contributed by atoms with van der Waals surface area (Å²) in [5, 5.41) is 5.68. The SMILES string of the molecule is C[C@@H]1CN(C(=O)OC(C)(C)C)C[C@H](C)N1c1ccc(-c2cnc3c(-c4ccnc5ccccc45)cnn3c2)cn1. The van der Waals surface area contributed by atoms with E-state index in [1.54, 1.807) is 4.90 Å². The highest BCUT2D eigenvalue weighted by atomic mass is 16.6. The van der Waals surface area contributed by atoms with Gasteiger partial charge in [0, 0.05) is 72.0 Å². The largest absolute Gasteiger partial charge is 0.444 e. The van der Waals surface area contributed by atoms with Gasteiger partial charge in [0.2, 0.25) is 0 Å². The van der Waals surface area contributed by atoms with E-state index in [0.29, 0.717) is 13.1 Å². The quantitative estimate of drug-likeness (QED) is 0.287. The van der Waals surface area contributed by atoms with Gasteiger partial charge in [0.1, 0.15) is 11.4 Å². The highest BCUT2D eigenvalue weighted by Gasteiger charge is 2.34. The third kappa shape index (κ3) is 4.83. The van der Waals surface area contributed by atoms with Gasteiger partial charge in [-0.25, -0.2) is 19.3 Å². The van der Waals surface area contributed by atoms with Crippen LogP contribution in [0.15, 0.2) is 73.4 Å². The van der Waals surface area contributed by atoms with Crippen molar-refractivity contribution in [2.75, 3.05) is 18.0 Å². The molecule has 0 radical (unpaired) electrons. The fourth-order valence-corrected chi connectivity index (χ4v) is 5.50. The van der Waals surface area contributed by atoms with Crippen molar-refractivity contribution in [2.45, 2.75) is 52.3 Å². The fourth-order valence-electron chi connectivity index (χ4n) is 5.50. The summed E-state index contributed by atoms with van der Waals surface area (Å²) in [6, 6.07) is 14.4. The van der Waals surface area contributed by atoms with Gasteiger partial charge in [-0.1, -0.05) is 18.2 Å². The number of hydrogen-bond donors (Lipinski definition) is 0. The van der Waals surface area contributed by atoms with Crippen LogP contribution in [0.4, 0.5) is 10.6 Å². The lowest BCUT2D eigenvalue weighted by Gasteiger charge is -2.45. The molecule has 0 bridgehead atoms. The molecule has 9 nitrogen and oxygen atoms in total. The van der Waals surface area contributed by atoms with Crippen LogP contribution in [0.1, 0.15) is 34.6 Å². The first-order valence-electron chi connectivity index (χ1n) is 13.6. The molecule has 0 unspecified atom stereocenters. The van der Waals surface area contributed by atoms with Crippen LogP contribution in [0.5, 0.6) is 0 Å². The van der Waals surface area contributed by atoms with Crippen molar-refractivity contribution in [3.05, 3.63) is 73.4 Å². The summed E-state index contributed by atoms with van der Waals surface area (Å²) in [7, 11) is 0. The number of aromatic nitrogens is 5. The Morgan fingerprint density at radius 1 is 0.875 bits per heavy atom. The maximum absolute atomic E-state index is 12.6. The van der Waals surface area contributed by atoms with Gasteiger partial charge < -0.3 is 14.5 Å². The zero-order valence-electron chi connectivity index (χ0n) is 23.4. The van der Waals surface area contributed by atoms with Crippen molar-refractivity contribution in [3.63, 3.8) is 0 Å². The van der Waals surface area contributed by atoms with Crippen LogP contribution in [0, 0.1) is 0 Å². The molecule has 6 rings (SSSR count). The molecule has 1 aliphatic rings. The number of pyridine rings is 2. The van der Waals surface area contributed by atoms with Crippen LogP contribution < -0.4 is 4.90 Å². The Kier molecular flexibility index (Phi) is 6.37. The highest BCUT2D eigenvalue weighted by molar-refractivity contribution is 5.97. The lowest BCUT2D eigenvalue weighted by atomic mass is 10.0. The second kappa shape index (κ2) is 9.89. The standard InChI is InChI=1S/C31H33N7O2/c1-20-17-36(30(39)40-31(3,4)5)18-21(2)38(20)28-11-10-22(14-33-28)23-15-34-29-26(16-35-37(29)19-23)24-12-13-32-27-9-7-6-8-25(24)27/h6-16,19-21H,17-18H2,1-5H3/t20-,21+. The second-order valence-corrected chi connectivity index (χ2v) is 11.4. The van der Waals surface area contributed by atoms with Gasteiger partial charge >= 0.3 is 6.09 Å². The zero-order valence-corrected chi connectivity index (χ0v) is 23.4. The van der Waals surface area contributed by atoms with Crippen LogP contribution in [0.2, 0.25) is 0 Å². The van der Waals surface area contributed by atoms with Crippen molar-refractivity contribution in [1.29, 1.82) is 0 Å². The van der Waals surface area contributed by atoms with Crippen molar-refractivity contribution in [2.24, 2.45) is 0 Å². The smallest absolute Gasteiger partial charge is 0.410 e. The Labute approximate surface area is 233 Å². The summed E-state index contributed by atoms with van der Waals surface area (Å²) < 4.78 is 7.41. The van der Waals surface area contributed by atoms with Crippen LogP contribution in [0.25, 0.3) is 38.8 Å². The number of carbonyl (C=O) groups excluding carboxylic acids is 1. The van der Waals surface area contributed by atoms with E-state index in [1.165, 1.54) is 0 Å². The molecule has 0 aliphatic carbocycles. The molecule has 5 heterocycles. The zero-order chi connectivity index (χ0) is 28.0. The molecule has 1 amide bonds. The normalized spacial score (nSPS) is 17.9. The van der Waals surface area contributed by atoms with Crippen LogP contribution in [-0.4, -0.2) is 66.3 Å². The lowest BCUT2D eigenvalue weighted by Crippen LogP contribution is -2.59. The number of nitrogens with zero attached hydrogens (tertiary/aromatic N) is 7. The van der Waals surface area contributed by atoms with Crippen molar-refractivity contribution in [3.8, 4) is 22.3 Å². The molecular formula is C31H33N7O2. The Balaban J connectivity index is 1.22. The van der Waals surface area contributed by atoms with E-state index in [9.17, 15) is 4.79 Å². The van der Waals surface area contributed by atoms with Crippen molar-refractivity contribution >= 4 is 28.5 Å².